The van der Waals surface area contributed by atoms with E-state index in [2.05, 4.69) is 37.3 Å². The second-order valence-electron chi connectivity index (χ2n) is 8.13. The van der Waals surface area contributed by atoms with Crippen molar-refractivity contribution < 1.29 is 24.4 Å². The first-order valence-corrected chi connectivity index (χ1v) is 10.4. The van der Waals surface area contributed by atoms with Gasteiger partial charge in [-0.25, -0.2) is 0 Å². The summed E-state index contributed by atoms with van der Waals surface area (Å²) in [4.78, 5) is 0. The third kappa shape index (κ3) is 4.27. The average molecular weight is 398 g/mol. The number of fused-ring (bicyclic) bond motifs is 1. The number of ether oxygens (including phenoxy) is 3. The monoisotopic (exact) mass is 398 g/mol. The van der Waals surface area contributed by atoms with Gasteiger partial charge in [0.05, 0.1) is 38.6 Å². The largest absolute Gasteiger partial charge is 0.492 e. The molecule has 4 rings (SSSR count). The van der Waals surface area contributed by atoms with E-state index in [4.69, 9.17) is 14.2 Å². The first-order chi connectivity index (χ1) is 14.1. The number of methoxy groups -OCH3 is 1. The summed E-state index contributed by atoms with van der Waals surface area (Å²) in [6.45, 7) is 2.66. The van der Waals surface area contributed by atoms with Crippen molar-refractivity contribution in [3.63, 3.8) is 0 Å². The first kappa shape index (κ1) is 20.2. The zero-order chi connectivity index (χ0) is 20.4. The highest BCUT2D eigenvalue weighted by molar-refractivity contribution is 5.58. The van der Waals surface area contributed by atoms with Crippen LogP contribution in [-0.2, 0) is 17.6 Å². The van der Waals surface area contributed by atoms with Crippen LogP contribution in [0.25, 0.3) is 0 Å². The molecule has 0 saturated carbocycles. The quantitative estimate of drug-likeness (QED) is 0.807. The van der Waals surface area contributed by atoms with Crippen LogP contribution in [0.4, 0.5) is 0 Å². The number of hydrogen-bond acceptors (Lipinski definition) is 5. The molecule has 3 atom stereocenters. The van der Waals surface area contributed by atoms with Crippen molar-refractivity contribution in [3.8, 4) is 11.5 Å². The minimum absolute atomic E-state index is 0.104. The van der Waals surface area contributed by atoms with Crippen LogP contribution in [0.2, 0.25) is 0 Å². The zero-order valence-corrected chi connectivity index (χ0v) is 17.2. The zero-order valence-electron chi connectivity index (χ0n) is 17.2. The predicted molar refractivity (Wildman–Crippen MR) is 111 cm³/mol. The molecule has 2 aliphatic rings. The van der Waals surface area contributed by atoms with Crippen LogP contribution >= 0.6 is 0 Å². The maximum atomic E-state index is 10.3. The lowest BCUT2D eigenvalue weighted by Crippen LogP contribution is -2.33. The van der Waals surface area contributed by atoms with Crippen molar-refractivity contribution in [1.29, 1.82) is 0 Å². The van der Waals surface area contributed by atoms with Gasteiger partial charge >= 0.3 is 0 Å². The predicted octanol–water partition coefficient (Wildman–Crippen LogP) is 3.49. The fourth-order valence-electron chi connectivity index (χ4n) is 4.45. The Morgan fingerprint density at radius 2 is 1.97 bits per heavy atom. The Labute approximate surface area is 172 Å². The Hall–Kier alpha value is -2.08. The van der Waals surface area contributed by atoms with Gasteiger partial charge in [0.15, 0.2) is 11.5 Å². The molecule has 1 saturated heterocycles. The molecule has 3 unspecified atom stereocenters. The normalized spacial score (nSPS) is 23.9. The summed E-state index contributed by atoms with van der Waals surface area (Å²) in [5, 5.41) is 19.9. The van der Waals surface area contributed by atoms with Gasteiger partial charge in [0.25, 0.3) is 0 Å². The van der Waals surface area contributed by atoms with Crippen LogP contribution in [0.5, 0.6) is 11.5 Å². The molecule has 0 spiro atoms. The van der Waals surface area contributed by atoms with Gasteiger partial charge in [-0.05, 0) is 43.4 Å². The summed E-state index contributed by atoms with van der Waals surface area (Å²) in [5.74, 6) is 1.51. The van der Waals surface area contributed by atoms with E-state index in [0.29, 0.717) is 25.2 Å². The van der Waals surface area contributed by atoms with Gasteiger partial charge in [0.1, 0.15) is 0 Å². The maximum absolute atomic E-state index is 10.3. The Morgan fingerprint density at radius 1 is 1.17 bits per heavy atom. The number of rotatable bonds is 5. The standard InChI is InChI=1S/C24H30O5/c1-15-5-7-16(8-6-15)10-17-11-21(22-13-18(26)12-19(14-25)29-22)23(27-2)24-20(17)4-3-9-28-24/h5-8,11,18-19,22,25-26H,3-4,9-10,12-14H2,1-2H3. The van der Waals surface area contributed by atoms with Gasteiger partial charge in [0, 0.05) is 24.0 Å². The Morgan fingerprint density at radius 3 is 2.69 bits per heavy atom. The maximum Gasteiger partial charge on any atom is 0.166 e. The Bertz CT molecular complexity index is 845. The minimum Gasteiger partial charge on any atom is -0.492 e. The van der Waals surface area contributed by atoms with Crippen molar-refractivity contribution in [1.82, 2.24) is 0 Å². The molecule has 2 aliphatic heterocycles. The van der Waals surface area contributed by atoms with Crippen LogP contribution in [0.3, 0.4) is 0 Å². The van der Waals surface area contributed by atoms with Gasteiger partial charge in [-0.2, -0.15) is 0 Å². The second-order valence-corrected chi connectivity index (χ2v) is 8.13. The molecule has 0 aliphatic carbocycles. The lowest BCUT2D eigenvalue weighted by molar-refractivity contribution is -0.114. The van der Waals surface area contributed by atoms with Crippen molar-refractivity contribution in [2.45, 2.75) is 57.3 Å². The lowest BCUT2D eigenvalue weighted by Gasteiger charge is -2.34. The summed E-state index contributed by atoms with van der Waals surface area (Å²) >= 11 is 0. The average Bonchev–Trinajstić information content (AvgIpc) is 2.74. The summed E-state index contributed by atoms with van der Waals surface area (Å²) in [7, 11) is 1.65. The van der Waals surface area contributed by atoms with Gasteiger partial charge in [-0.1, -0.05) is 29.8 Å². The number of aryl methyl sites for hydroxylation is 1. The summed E-state index contributed by atoms with van der Waals surface area (Å²) in [6, 6.07) is 10.8. The molecule has 0 bridgehead atoms. The molecule has 2 N–H and O–H groups in total. The van der Waals surface area contributed by atoms with E-state index in [1.54, 1.807) is 7.11 Å². The molecule has 0 amide bonds. The van der Waals surface area contributed by atoms with Crippen LogP contribution in [0, 0.1) is 6.92 Å². The van der Waals surface area contributed by atoms with E-state index in [0.717, 1.165) is 30.6 Å². The van der Waals surface area contributed by atoms with Crippen molar-refractivity contribution in [2.75, 3.05) is 20.3 Å². The van der Waals surface area contributed by atoms with Crippen molar-refractivity contribution >= 4 is 0 Å². The molecule has 2 aromatic rings. The third-order valence-corrected chi connectivity index (χ3v) is 5.93. The topological polar surface area (TPSA) is 68.2 Å². The smallest absolute Gasteiger partial charge is 0.166 e. The Balaban J connectivity index is 1.76. The van der Waals surface area contributed by atoms with E-state index in [1.807, 2.05) is 0 Å². The summed E-state index contributed by atoms with van der Waals surface area (Å²) < 4.78 is 17.9. The molecule has 5 nitrogen and oxygen atoms in total. The fourth-order valence-corrected chi connectivity index (χ4v) is 4.45. The van der Waals surface area contributed by atoms with Crippen molar-refractivity contribution in [3.05, 3.63) is 58.1 Å². The highest BCUT2D eigenvalue weighted by Gasteiger charge is 2.33. The molecule has 2 heterocycles. The van der Waals surface area contributed by atoms with Crippen LogP contribution in [-0.4, -0.2) is 42.7 Å². The van der Waals surface area contributed by atoms with Gasteiger partial charge < -0.3 is 24.4 Å². The first-order valence-electron chi connectivity index (χ1n) is 10.4. The van der Waals surface area contributed by atoms with Gasteiger partial charge in [0.2, 0.25) is 0 Å². The van der Waals surface area contributed by atoms with E-state index in [9.17, 15) is 10.2 Å². The highest BCUT2D eigenvalue weighted by Crippen LogP contribution is 2.46. The SMILES string of the molecule is COc1c(C2CC(O)CC(CO)O2)cc(Cc2ccc(C)cc2)c2c1OCCC2. The lowest BCUT2D eigenvalue weighted by atomic mass is 9.88. The minimum atomic E-state index is -0.506. The van der Waals surface area contributed by atoms with Crippen LogP contribution in [0.15, 0.2) is 30.3 Å². The van der Waals surface area contributed by atoms with Crippen molar-refractivity contribution in [2.24, 2.45) is 0 Å². The Kier molecular flexibility index (Phi) is 6.09. The van der Waals surface area contributed by atoms with E-state index < -0.39 is 6.10 Å². The van der Waals surface area contributed by atoms with Gasteiger partial charge in [-0.15, -0.1) is 0 Å². The molecular weight excluding hydrogens is 368 g/mol. The number of benzene rings is 2. The van der Waals surface area contributed by atoms with Crippen LogP contribution in [0.1, 0.15) is 53.2 Å². The number of aliphatic hydroxyl groups is 2. The number of aliphatic hydroxyl groups excluding tert-OH is 2. The third-order valence-electron chi connectivity index (χ3n) is 5.93. The molecule has 0 radical (unpaired) electrons. The summed E-state index contributed by atoms with van der Waals surface area (Å²) in [6.07, 6.45) is 2.48. The molecule has 29 heavy (non-hydrogen) atoms. The molecule has 1 fully saturated rings. The number of hydrogen-bond donors (Lipinski definition) is 2. The molecular formula is C24H30O5. The van der Waals surface area contributed by atoms with E-state index >= 15 is 0 Å². The summed E-state index contributed by atoms with van der Waals surface area (Å²) in [5.41, 5.74) is 5.80. The molecule has 0 aromatic heterocycles. The molecule has 156 valence electrons. The second kappa shape index (κ2) is 8.74. The van der Waals surface area contributed by atoms with E-state index in [1.165, 1.54) is 22.3 Å². The van der Waals surface area contributed by atoms with Gasteiger partial charge in [-0.3, -0.25) is 0 Å². The molecule has 2 aromatic carbocycles. The fraction of sp³-hybridized carbons (Fsp3) is 0.500. The molecule has 5 heteroatoms. The highest BCUT2D eigenvalue weighted by atomic mass is 16.5. The van der Waals surface area contributed by atoms with Crippen LogP contribution < -0.4 is 9.47 Å². The van der Waals surface area contributed by atoms with E-state index in [-0.39, 0.29) is 18.8 Å².